The van der Waals surface area contributed by atoms with Crippen LogP contribution < -0.4 is 0 Å². The Morgan fingerprint density at radius 3 is 1.36 bits per heavy atom. The Morgan fingerprint density at radius 1 is 0.624 bits per heavy atom. The van der Waals surface area contributed by atoms with Crippen LogP contribution >= 0.6 is 11.6 Å². The maximum absolute atomic E-state index is 15.0. The van der Waals surface area contributed by atoms with Crippen LogP contribution in [0, 0.1) is 57.2 Å². The number of fused-ring (bicyclic) bond motifs is 10. The first-order valence-corrected chi connectivity index (χ1v) is 37.2. The largest absolute Gasteiger partial charge is 0.460 e. The summed E-state index contributed by atoms with van der Waals surface area (Å²) in [6.45, 7) is 38.7. The molecule has 472 valence electrons. The van der Waals surface area contributed by atoms with E-state index in [2.05, 4.69) is 43.7 Å². The molecule has 21 heteroatoms. The van der Waals surface area contributed by atoms with Crippen molar-refractivity contribution in [1.29, 1.82) is 0 Å². The molecule has 85 heavy (non-hydrogen) atoms. The van der Waals surface area contributed by atoms with Crippen LogP contribution in [0.4, 0.5) is 0 Å². The fourth-order valence-electron chi connectivity index (χ4n) is 17.3. The first-order chi connectivity index (χ1) is 39.0. The zero-order valence-corrected chi connectivity index (χ0v) is 56.2. The fourth-order valence-corrected chi connectivity index (χ4v) is 19.6. The van der Waals surface area contributed by atoms with Crippen LogP contribution in [0.2, 0.25) is 39.3 Å². The Balaban J connectivity index is 0.000000198. The van der Waals surface area contributed by atoms with Gasteiger partial charge in [-0.05, 0) is 136 Å². The molecule has 10 rings (SSSR count). The van der Waals surface area contributed by atoms with Gasteiger partial charge >= 0.3 is 17.9 Å². The number of carbonyl (C=O) groups is 6. The van der Waals surface area contributed by atoms with E-state index in [1.165, 1.54) is 38.5 Å². The van der Waals surface area contributed by atoms with Crippen LogP contribution in [-0.4, -0.2) is 139 Å². The molecule has 0 amide bonds. The smallest absolute Gasteiger partial charge is 0.374 e. The highest BCUT2D eigenvalue weighted by atomic mass is 35.5. The van der Waals surface area contributed by atoms with Crippen molar-refractivity contribution in [3.63, 3.8) is 0 Å². The molecule has 3 N–H and O–H groups in total. The van der Waals surface area contributed by atoms with E-state index < -0.39 is 144 Å². The van der Waals surface area contributed by atoms with E-state index in [1.54, 1.807) is 12.1 Å². The zero-order valence-electron chi connectivity index (χ0n) is 53.5. The molecule has 2 aromatic heterocycles. The van der Waals surface area contributed by atoms with Gasteiger partial charge in [0.25, 0.3) is 5.24 Å². The maximum Gasteiger partial charge on any atom is 0.374 e. The van der Waals surface area contributed by atoms with Crippen molar-refractivity contribution in [3.8, 4) is 0 Å². The molecule has 18 nitrogen and oxygen atoms in total. The third-order valence-corrected chi connectivity index (χ3v) is 23.8. The summed E-state index contributed by atoms with van der Waals surface area (Å²) in [6.07, 6.45) is -0.259. The number of esters is 3. The highest BCUT2D eigenvalue weighted by molar-refractivity contribution is 6.70. The third-order valence-electron chi connectivity index (χ3n) is 21.6. The monoisotopic (exact) mass is 1240 g/mol. The number of carbonyl (C=O) groups excluding carboxylic acids is 6. The van der Waals surface area contributed by atoms with Gasteiger partial charge in [0.1, 0.15) is 41.1 Å². The van der Waals surface area contributed by atoms with E-state index >= 15 is 0 Å². The average Bonchev–Trinajstić information content (AvgIpc) is 0.834. The number of aliphatic hydroxyl groups is 3. The number of hydrogen-bond acceptors (Lipinski definition) is 18. The van der Waals surface area contributed by atoms with Gasteiger partial charge in [-0.3, -0.25) is 24.0 Å². The molecule has 6 fully saturated rings. The van der Waals surface area contributed by atoms with E-state index in [4.69, 9.17) is 48.6 Å². The number of Topliss-reactive ketones (excluding diaryl/α,β-unsaturated/α-hetero) is 2. The number of halogens is 1. The number of furan rings is 2. The molecule has 2 unspecified atom stereocenters. The van der Waals surface area contributed by atoms with E-state index in [-0.39, 0.29) is 61.0 Å². The van der Waals surface area contributed by atoms with Gasteiger partial charge in [0.15, 0.2) is 33.6 Å². The Kier molecular flexibility index (Phi) is 17.6. The standard InChI is InChI=1S/C32H46O9Si.C27H44O7Si.C5H3ClO2/c1-17-14-23-31(16-38-23,40-20(4)33)25-27(39-28(35)21-12-11-13-37-21)32(36)15-22(41-42(8,9)10)18(2)24(29(32,5)6)19(3)26(34)30(17,25)7;1-14-11-19-26(13-32-19,33-17(4)28)21-23(30)27(31)12-18(34-35(8,9)10)15(2)20(24(27,5)6)16(3)22(29)25(14,21)7;6-5(7)4-2-1-3-8-4/h11-13,17,19,22-23,25,27,36H,14-16H2,1-10H3;14,16,18-19,21,23,30-31H,11-13H2,1-10H3;1-3H/t17-,19+,22-,23+,25?,27-,30+,31-,32+;14-,16+,18-,19+,21?,23-,25+,26-,27+;/m00./s1. The molecule has 2 aliphatic heterocycles. The molecule has 0 spiro atoms. The van der Waals surface area contributed by atoms with E-state index in [9.17, 15) is 44.1 Å². The summed E-state index contributed by atoms with van der Waals surface area (Å²) in [6, 6.07) is 6.20. The molecule has 6 aliphatic carbocycles. The van der Waals surface area contributed by atoms with Gasteiger partial charge in [-0.2, -0.15) is 0 Å². The SMILES string of the molecule is CC(=O)O[C@@]12CO[C@@H]1C[C@H](C)[C@@]1(C)C(=O)[C@H](C)C3=C(C)[C@@H](O[Si](C)(C)C)C[C@@](O)([C@@H](O)C12)C3(C)C.CC(=O)O[C@@]12CO[C@@H]1C[C@H](C)[C@@]1(C)C(=O)[C@H](C)C3=C(C)[C@@H](O[Si](C)(C)C)C[C@@](O)([C@@H](OC(=O)c4ccco4)C12)C3(C)C.O=C(Cl)c1ccco1. The van der Waals surface area contributed by atoms with Crippen molar-refractivity contribution in [2.24, 2.45) is 57.2 Å². The third kappa shape index (κ3) is 10.6. The molecule has 4 saturated carbocycles. The first kappa shape index (κ1) is 66.8. The van der Waals surface area contributed by atoms with Crippen molar-refractivity contribution in [3.05, 3.63) is 70.6 Å². The summed E-state index contributed by atoms with van der Waals surface area (Å²) in [5, 5.41) is 37.5. The number of ketones is 2. The highest BCUT2D eigenvalue weighted by Crippen LogP contribution is 2.68. The predicted octanol–water partition coefficient (Wildman–Crippen LogP) is 10.4. The van der Waals surface area contributed by atoms with Gasteiger partial charge in [-0.25, -0.2) is 4.79 Å². The van der Waals surface area contributed by atoms with E-state index in [1.807, 2.05) is 83.1 Å². The van der Waals surface area contributed by atoms with Crippen molar-refractivity contribution in [2.45, 2.75) is 221 Å². The molecule has 18 atom stereocenters. The molecule has 8 aliphatic rings. The van der Waals surface area contributed by atoms with Crippen LogP contribution in [0.1, 0.15) is 144 Å². The second kappa shape index (κ2) is 22.4. The Bertz CT molecular complexity index is 3010. The summed E-state index contributed by atoms with van der Waals surface area (Å²) >= 11 is 5.01. The first-order valence-electron chi connectivity index (χ1n) is 30.1. The quantitative estimate of drug-likeness (QED) is 0.0694. The second-order valence-corrected chi connectivity index (χ2v) is 38.6. The van der Waals surface area contributed by atoms with Crippen molar-refractivity contribution < 1.29 is 85.5 Å². The van der Waals surface area contributed by atoms with Gasteiger partial charge in [-0.1, -0.05) is 69.2 Å². The lowest BCUT2D eigenvalue weighted by atomic mass is 9.42. The number of hydrogen-bond donors (Lipinski definition) is 3. The normalized spacial score (nSPS) is 40.6. The predicted molar refractivity (Wildman–Crippen MR) is 319 cm³/mol. The summed E-state index contributed by atoms with van der Waals surface area (Å²) < 4.78 is 53.6. The minimum absolute atomic E-state index is 0.0176. The molecule has 2 saturated heterocycles. The molecule has 4 heterocycles. The lowest BCUT2D eigenvalue weighted by Gasteiger charge is -2.68. The van der Waals surface area contributed by atoms with Crippen LogP contribution in [0.5, 0.6) is 0 Å². The van der Waals surface area contributed by atoms with Gasteiger partial charge in [-0.15, -0.1) is 0 Å². The maximum atomic E-state index is 15.0. The number of aliphatic hydroxyl groups excluding tert-OH is 1. The lowest BCUT2D eigenvalue weighted by Crippen LogP contribution is -2.80. The zero-order chi connectivity index (χ0) is 63.7. The second-order valence-electron chi connectivity index (χ2n) is 29.3. The number of ether oxygens (including phenoxy) is 5. The summed E-state index contributed by atoms with van der Waals surface area (Å²) in [5.41, 5.74) is -6.21. The van der Waals surface area contributed by atoms with Crippen LogP contribution in [0.3, 0.4) is 0 Å². The van der Waals surface area contributed by atoms with Crippen molar-refractivity contribution in [2.75, 3.05) is 13.2 Å². The summed E-state index contributed by atoms with van der Waals surface area (Å²) in [5.74, 6) is -4.74. The molecule has 4 bridgehead atoms. The molecule has 0 aromatic carbocycles. The van der Waals surface area contributed by atoms with Gasteiger partial charge < -0.3 is 56.7 Å². The van der Waals surface area contributed by atoms with Crippen LogP contribution in [0.25, 0.3) is 0 Å². The van der Waals surface area contributed by atoms with Crippen LogP contribution in [0.15, 0.2) is 67.9 Å². The van der Waals surface area contributed by atoms with E-state index in [0.717, 1.165) is 22.3 Å². The summed E-state index contributed by atoms with van der Waals surface area (Å²) in [7, 11) is -4.15. The lowest BCUT2D eigenvalue weighted by molar-refractivity contribution is -0.340. The Morgan fingerprint density at radius 2 is 1.01 bits per heavy atom. The van der Waals surface area contributed by atoms with Gasteiger partial charge in [0.2, 0.25) is 5.76 Å². The Hall–Kier alpha value is -4.10. The Labute approximate surface area is 508 Å². The van der Waals surface area contributed by atoms with E-state index in [0.29, 0.717) is 12.8 Å². The highest BCUT2D eigenvalue weighted by Gasteiger charge is 2.78. The average molecular weight is 1240 g/mol. The molecule has 2 aromatic rings. The van der Waals surface area contributed by atoms with Crippen molar-refractivity contribution in [1.82, 2.24) is 0 Å². The molecular formula is C64H93ClO18Si2. The topological polar surface area (TPSA) is 254 Å². The summed E-state index contributed by atoms with van der Waals surface area (Å²) in [4.78, 5) is 78.3. The van der Waals surface area contributed by atoms with Gasteiger partial charge in [0, 0.05) is 66.1 Å². The number of rotatable bonds is 9. The van der Waals surface area contributed by atoms with Gasteiger partial charge in [0.05, 0.1) is 50.0 Å². The fraction of sp³-hybridized carbons (Fsp3) is 0.719. The minimum atomic E-state index is -2.13. The van der Waals surface area contributed by atoms with Crippen LogP contribution in [-0.2, 0) is 51.7 Å². The van der Waals surface area contributed by atoms with Crippen molar-refractivity contribution >= 4 is 63.0 Å². The molecular weight excluding hydrogens is 1150 g/mol. The minimum Gasteiger partial charge on any atom is -0.460 e. The molecule has 0 radical (unpaired) electrons.